The summed E-state index contributed by atoms with van der Waals surface area (Å²) in [5.41, 5.74) is 8.49. The van der Waals surface area contributed by atoms with E-state index in [0.29, 0.717) is 5.82 Å². The molecule has 4 heteroatoms. The van der Waals surface area contributed by atoms with Crippen LogP contribution in [0.15, 0.2) is 24.3 Å². The minimum atomic E-state index is 0.480. The number of benzene rings is 1. The first-order valence-electron chi connectivity index (χ1n) is 4.67. The highest BCUT2D eigenvalue weighted by Crippen LogP contribution is 2.31. The molecule has 0 aliphatic rings. The number of para-hydroxylation sites is 1. The molecule has 3 N–H and O–H groups in total. The van der Waals surface area contributed by atoms with Crippen molar-refractivity contribution in [1.82, 2.24) is 10.2 Å². The zero-order valence-electron chi connectivity index (χ0n) is 8.74. The van der Waals surface area contributed by atoms with Gasteiger partial charge in [-0.3, -0.25) is 5.10 Å². The number of nitrogen functional groups attached to an aromatic ring is 1. The van der Waals surface area contributed by atoms with Gasteiger partial charge in [-0.1, -0.05) is 12.1 Å². The molecule has 2 rings (SSSR count). The number of ether oxygens (including phenoxy) is 1. The summed E-state index contributed by atoms with van der Waals surface area (Å²) < 4.78 is 5.35. The lowest BCUT2D eigenvalue weighted by Gasteiger charge is -2.09. The van der Waals surface area contributed by atoms with Gasteiger partial charge in [0.25, 0.3) is 0 Å². The molecule has 0 atom stereocenters. The van der Waals surface area contributed by atoms with Gasteiger partial charge in [0, 0.05) is 11.6 Å². The number of aryl methyl sites for hydroxylation is 1. The van der Waals surface area contributed by atoms with Gasteiger partial charge in [0.2, 0.25) is 0 Å². The van der Waals surface area contributed by atoms with Crippen LogP contribution < -0.4 is 10.5 Å². The first-order chi connectivity index (χ1) is 7.22. The fraction of sp³-hybridized carbons (Fsp3) is 0.182. The maximum Gasteiger partial charge on any atom is 0.145 e. The van der Waals surface area contributed by atoms with Crippen LogP contribution in [0.5, 0.6) is 5.75 Å². The SMILES string of the molecule is COc1c(C)cccc1-c1cc(N)n[nH]1. The zero-order valence-corrected chi connectivity index (χ0v) is 8.74. The average molecular weight is 203 g/mol. The summed E-state index contributed by atoms with van der Waals surface area (Å²) in [5, 5.41) is 6.76. The third-order valence-corrected chi connectivity index (χ3v) is 2.30. The predicted octanol–water partition coefficient (Wildman–Crippen LogP) is 1.98. The molecule has 0 aliphatic carbocycles. The highest BCUT2D eigenvalue weighted by atomic mass is 16.5. The molecule has 1 aromatic carbocycles. The number of nitrogens with two attached hydrogens (primary N) is 1. The molecule has 0 radical (unpaired) electrons. The molecule has 0 saturated carbocycles. The number of anilines is 1. The zero-order chi connectivity index (χ0) is 10.8. The van der Waals surface area contributed by atoms with Crippen molar-refractivity contribution in [1.29, 1.82) is 0 Å². The van der Waals surface area contributed by atoms with Crippen LogP contribution >= 0.6 is 0 Å². The van der Waals surface area contributed by atoms with Crippen molar-refractivity contribution in [3.8, 4) is 17.0 Å². The van der Waals surface area contributed by atoms with Gasteiger partial charge in [0.1, 0.15) is 11.6 Å². The standard InChI is InChI=1S/C11H13N3O/c1-7-4-3-5-8(11(7)15-2)9-6-10(12)14-13-9/h3-6H,1-2H3,(H3,12,13,14). The second-order valence-electron chi connectivity index (χ2n) is 3.36. The number of methoxy groups -OCH3 is 1. The Morgan fingerprint density at radius 2 is 2.20 bits per heavy atom. The summed E-state index contributed by atoms with van der Waals surface area (Å²) in [6.45, 7) is 2.00. The molecule has 15 heavy (non-hydrogen) atoms. The summed E-state index contributed by atoms with van der Waals surface area (Å²) in [5.74, 6) is 1.33. The Labute approximate surface area is 88.1 Å². The Hall–Kier alpha value is -1.97. The van der Waals surface area contributed by atoms with Crippen molar-refractivity contribution in [3.05, 3.63) is 29.8 Å². The molecule has 4 nitrogen and oxygen atoms in total. The topological polar surface area (TPSA) is 63.9 Å². The number of rotatable bonds is 2. The third-order valence-electron chi connectivity index (χ3n) is 2.30. The quantitative estimate of drug-likeness (QED) is 0.784. The molecular weight excluding hydrogens is 190 g/mol. The summed E-state index contributed by atoms with van der Waals surface area (Å²) >= 11 is 0. The van der Waals surface area contributed by atoms with Gasteiger partial charge in [0.15, 0.2) is 0 Å². The van der Waals surface area contributed by atoms with Crippen LogP contribution in [0.25, 0.3) is 11.3 Å². The molecule has 0 unspecified atom stereocenters. The minimum absolute atomic E-state index is 0.480. The molecule has 0 bridgehead atoms. The van der Waals surface area contributed by atoms with Crippen LogP contribution in [-0.4, -0.2) is 17.3 Å². The Kier molecular flexibility index (Phi) is 2.33. The van der Waals surface area contributed by atoms with Gasteiger partial charge in [-0.15, -0.1) is 0 Å². The van der Waals surface area contributed by atoms with E-state index in [2.05, 4.69) is 10.2 Å². The lowest BCUT2D eigenvalue weighted by Crippen LogP contribution is -1.91. The van der Waals surface area contributed by atoms with Gasteiger partial charge in [0.05, 0.1) is 12.8 Å². The molecule has 0 amide bonds. The molecule has 1 heterocycles. The highest BCUT2D eigenvalue weighted by molar-refractivity contribution is 5.70. The van der Waals surface area contributed by atoms with E-state index in [9.17, 15) is 0 Å². The summed E-state index contributed by atoms with van der Waals surface area (Å²) in [4.78, 5) is 0. The summed E-state index contributed by atoms with van der Waals surface area (Å²) in [7, 11) is 1.66. The number of H-pyrrole nitrogens is 1. The lowest BCUT2D eigenvalue weighted by atomic mass is 10.1. The van der Waals surface area contributed by atoms with E-state index in [0.717, 1.165) is 22.6 Å². The van der Waals surface area contributed by atoms with Crippen molar-refractivity contribution in [2.24, 2.45) is 0 Å². The molecule has 0 aliphatic heterocycles. The normalized spacial score (nSPS) is 10.3. The monoisotopic (exact) mass is 203 g/mol. The summed E-state index contributed by atoms with van der Waals surface area (Å²) in [6.07, 6.45) is 0. The van der Waals surface area contributed by atoms with Crippen LogP contribution in [0.2, 0.25) is 0 Å². The molecule has 0 spiro atoms. The van der Waals surface area contributed by atoms with Gasteiger partial charge >= 0.3 is 0 Å². The van der Waals surface area contributed by atoms with Crippen molar-refractivity contribution in [2.75, 3.05) is 12.8 Å². The van der Waals surface area contributed by atoms with Gasteiger partial charge < -0.3 is 10.5 Å². The van der Waals surface area contributed by atoms with Crippen molar-refractivity contribution in [2.45, 2.75) is 6.92 Å². The number of hydrogen-bond donors (Lipinski definition) is 2. The fourth-order valence-electron chi connectivity index (χ4n) is 1.61. The molecule has 0 fully saturated rings. The van der Waals surface area contributed by atoms with E-state index >= 15 is 0 Å². The molecular formula is C11H13N3O. The second-order valence-corrected chi connectivity index (χ2v) is 3.36. The average Bonchev–Trinajstić information content (AvgIpc) is 2.64. The lowest BCUT2D eigenvalue weighted by molar-refractivity contribution is 0.413. The highest BCUT2D eigenvalue weighted by Gasteiger charge is 2.09. The van der Waals surface area contributed by atoms with E-state index < -0.39 is 0 Å². The van der Waals surface area contributed by atoms with Crippen LogP contribution in [0.1, 0.15) is 5.56 Å². The van der Waals surface area contributed by atoms with Crippen LogP contribution in [-0.2, 0) is 0 Å². The van der Waals surface area contributed by atoms with Crippen molar-refractivity contribution >= 4 is 5.82 Å². The van der Waals surface area contributed by atoms with Gasteiger partial charge in [-0.2, -0.15) is 5.10 Å². The van der Waals surface area contributed by atoms with Crippen LogP contribution in [0.3, 0.4) is 0 Å². The van der Waals surface area contributed by atoms with E-state index in [4.69, 9.17) is 10.5 Å². The third kappa shape index (κ3) is 1.66. The number of hydrogen-bond acceptors (Lipinski definition) is 3. The maximum absolute atomic E-state index is 5.56. The van der Waals surface area contributed by atoms with Crippen LogP contribution in [0.4, 0.5) is 5.82 Å². The van der Waals surface area contributed by atoms with Gasteiger partial charge in [-0.25, -0.2) is 0 Å². The first-order valence-corrected chi connectivity index (χ1v) is 4.67. The molecule has 2 aromatic rings. The minimum Gasteiger partial charge on any atom is -0.496 e. The van der Waals surface area contributed by atoms with E-state index in [1.54, 1.807) is 13.2 Å². The number of aromatic nitrogens is 2. The predicted molar refractivity (Wildman–Crippen MR) is 59.7 cm³/mol. The van der Waals surface area contributed by atoms with E-state index in [1.807, 2.05) is 25.1 Å². The number of nitrogens with zero attached hydrogens (tertiary/aromatic N) is 1. The van der Waals surface area contributed by atoms with Crippen molar-refractivity contribution in [3.63, 3.8) is 0 Å². The first kappa shape index (κ1) is 9.58. The fourth-order valence-corrected chi connectivity index (χ4v) is 1.61. The number of nitrogens with one attached hydrogen (secondary N) is 1. The Morgan fingerprint density at radius 3 is 2.80 bits per heavy atom. The largest absolute Gasteiger partial charge is 0.496 e. The van der Waals surface area contributed by atoms with Crippen LogP contribution in [0, 0.1) is 6.92 Å². The van der Waals surface area contributed by atoms with Gasteiger partial charge in [-0.05, 0) is 18.6 Å². The van der Waals surface area contributed by atoms with Crippen molar-refractivity contribution < 1.29 is 4.74 Å². The molecule has 78 valence electrons. The summed E-state index contributed by atoms with van der Waals surface area (Å²) in [6, 6.07) is 7.74. The molecule has 1 aromatic heterocycles. The Bertz CT molecular complexity index is 476. The smallest absolute Gasteiger partial charge is 0.145 e. The molecule has 0 saturated heterocycles. The maximum atomic E-state index is 5.56. The number of aromatic amines is 1. The second kappa shape index (κ2) is 3.65. The Balaban J connectivity index is 2.57. The van der Waals surface area contributed by atoms with E-state index in [1.165, 1.54) is 0 Å². The van der Waals surface area contributed by atoms with E-state index in [-0.39, 0.29) is 0 Å². The Morgan fingerprint density at radius 1 is 1.40 bits per heavy atom.